The highest BCUT2D eigenvalue weighted by atomic mass is 79.9. The molecule has 0 amide bonds. The molecule has 0 spiro atoms. The van der Waals surface area contributed by atoms with E-state index in [1.54, 1.807) is 6.07 Å². The molecule has 1 N–H and O–H groups in total. The molecular weight excluding hydrogens is 498 g/mol. The van der Waals surface area contributed by atoms with Gasteiger partial charge in [0.2, 0.25) is 5.78 Å². The number of nitrogens with zero attached hydrogens (tertiary/aromatic N) is 1. The Balaban J connectivity index is 0.00000408. The Labute approximate surface area is 213 Å². The Kier molecular flexibility index (Phi) is 9.71. The lowest BCUT2D eigenvalue weighted by molar-refractivity contribution is -0.903. The number of phenols is 1. The molecule has 186 valence electrons. The number of hydrogen-bond donors (Lipinski definition) is 1. The van der Waals surface area contributed by atoms with Crippen LogP contribution in [0, 0.1) is 0 Å². The van der Waals surface area contributed by atoms with E-state index in [-0.39, 0.29) is 45.2 Å². The van der Waals surface area contributed by atoms with Crippen LogP contribution >= 0.6 is 0 Å². The van der Waals surface area contributed by atoms with Gasteiger partial charge in [0.25, 0.3) is 0 Å². The summed E-state index contributed by atoms with van der Waals surface area (Å²) < 4.78 is 11.5. The largest absolute Gasteiger partial charge is 1.00 e. The van der Waals surface area contributed by atoms with Gasteiger partial charge in [-0.15, -0.1) is 0 Å². The number of ketones is 2. The predicted molar refractivity (Wildman–Crippen MR) is 129 cm³/mol. The summed E-state index contributed by atoms with van der Waals surface area (Å²) in [6.45, 7) is 3.98. The average molecular weight is 534 g/mol. The second-order valence-corrected chi connectivity index (χ2v) is 9.53. The average Bonchev–Trinajstić information content (AvgIpc) is 2.78. The fourth-order valence-corrected chi connectivity index (χ4v) is 4.64. The van der Waals surface area contributed by atoms with Crippen molar-refractivity contribution in [2.45, 2.75) is 52.0 Å². The maximum absolute atomic E-state index is 13.4. The van der Waals surface area contributed by atoms with Gasteiger partial charge in [-0.05, 0) is 31.0 Å². The Bertz CT molecular complexity index is 1050. The second kappa shape index (κ2) is 11.8. The molecule has 0 aliphatic heterocycles. The minimum atomic E-state index is -0.413. The zero-order valence-electron chi connectivity index (χ0n) is 20.9. The maximum Gasteiger partial charge on any atom is 0.201 e. The third-order valence-corrected chi connectivity index (χ3v) is 6.38. The summed E-state index contributed by atoms with van der Waals surface area (Å²) in [7, 11) is 7.32. The first-order valence-electron chi connectivity index (χ1n) is 11.8. The topological polar surface area (TPSA) is 72.8 Å². The van der Waals surface area contributed by atoms with Gasteiger partial charge in [-0.2, -0.15) is 0 Å². The van der Waals surface area contributed by atoms with Crippen molar-refractivity contribution in [1.82, 2.24) is 0 Å². The fraction of sp³-hybridized carbons (Fsp3) is 0.481. The lowest BCUT2D eigenvalue weighted by Crippen LogP contribution is -3.00. The molecule has 6 nitrogen and oxygen atoms in total. The van der Waals surface area contributed by atoms with E-state index in [4.69, 9.17) is 9.47 Å². The van der Waals surface area contributed by atoms with Crippen molar-refractivity contribution in [2.24, 2.45) is 0 Å². The highest BCUT2D eigenvalue weighted by Crippen LogP contribution is 2.40. The summed E-state index contributed by atoms with van der Waals surface area (Å²) in [5.41, 5.74) is 1.62. The van der Waals surface area contributed by atoms with Crippen LogP contribution < -0.4 is 26.5 Å². The molecule has 0 atom stereocenters. The van der Waals surface area contributed by atoms with Crippen LogP contribution in [0.1, 0.15) is 82.9 Å². The fourth-order valence-electron chi connectivity index (χ4n) is 4.64. The van der Waals surface area contributed by atoms with Crippen LogP contribution in [0.4, 0.5) is 0 Å². The smallest absolute Gasteiger partial charge is 0.201 e. The van der Waals surface area contributed by atoms with Crippen LogP contribution in [-0.4, -0.2) is 56.0 Å². The Morgan fingerprint density at radius 1 is 0.824 bits per heavy atom. The molecule has 2 aromatic carbocycles. The number of rotatable bonds is 11. The first-order chi connectivity index (χ1) is 15.7. The van der Waals surface area contributed by atoms with Crippen molar-refractivity contribution in [2.75, 3.05) is 34.9 Å². The molecule has 3 rings (SSSR count). The summed E-state index contributed by atoms with van der Waals surface area (Å²) in [4.78, 5) is 26.6. The highest BCUT2D eigenvalue weighted by molar-refractivity contribution is 6.30. The maximum atomic E-state index is 13.4. The van der Waals surface area contributed by atoms with Gasteiger partial charge in [0.15, 0.2) is 5.78 Å². The van der Waals surface area contributed by atoms with E-state index in [1.807, 2.05) is 6.07 Å². The van der Waals surface area contributed by atoms with Crippen molar-refractivity contribution < 1.29 is 45.6 Å². The summed E-state index contributed by atoms with van der Waals surface area (Å²) >= 11 is 0. The van der Waals surface area contributed by atoms with Gasteiger partial charge in [0.05, 0.1) is 46.0 Å². The molecule has 1 aliphatic carbocycles. The highest BCUT2D eigenvalue weighted by Gasteiger charge is 2.36. The Morgan fingerprint density at radius 2 is 1.47 bits per heavy atom. The normalized spacial score (nSPS) is 12.6. The minimum absolute atomic E-state index is 0. The molecule has 0 radical (unpaired) electrons. The molecule has 1 aliphatic rings. The van der Waals surface area contributed by atoms with Crippen LogP contribution in [0.3, 0.4) is 0 Å². The molecule has 7 heteroatoms. The van der Waals surface area contributed by atoms with E-state index in [2.05, 4.69) is 21.0 Å². The van der Waals surface area contributed by atoms with E-state index in [0.29, 0.717) is 17.1 Å². The van der Waals surface area contributed by atoms with Crippen molar-refractivity contribution >= 4 is 11.6 Å². The molecule has 0 bridgehead atoms. The number of aromatic hydroxyl groups is 1. The molecule has 0 unspecified atom stereocenters. The van der Waals surface area contributed by atoms with Crippen LogP contribution in [0.15, 0.2) is 24.3 Å². The first kappa shape index (κ1) is 27.9. The van der Waals surface area contributed by atoms with Gasteiger partial charge in [0, 0.05) is 22.8 Å². The zero-order chi connectivity index (χ0) is 24.2. The first-order valence-corrected chi connectivity index (χ1v) is 11.8. The number of carbonyl (C=O) groups excluding carboxylic acids is 2. The number of benzene rings is 2. The lowest BCUT2D eigenvalue weighted by Gasteiger charge is -2.31. The van der Waals surface area contributed by atoms with Crippen LogP contribution in [0.5, 0.6) is 17.2 Å². The van der Waals surface area contributed by atoms with Gasteiger partial charge in [0.1, 0.15) is 23.8 Å². The van der Waals surface area contributed by atoms with Crippen LogP contribution in [0.2, 0.25) is 0 Å². The lowest BCUT2D eigenvalue weighted by atomic mass is 9.82. The SMILES string of the molecule is CCCCCCCC[N+](C)(C)Cc1cc(OC)c2c(c1)C(=O)c1cc(OC)cc(O)c1C2=O.[Br-]. The van der Waals surface area contributed by atoms with Crippen molar-refractivity contribution in [3.05, 3.63) is 52.1 Å². The van der Waals surface area contributed by atoms with E-state index in [9.17, 15) is 14.7 Å². The van der Waals surface area contributed by atoms with Gasteiger partial charge < -0.3 is 36.0 Å². The summed E-state index contributed by atoms with van der Waals surface area (Å²) in [5, 5.41) is 10.4. The number of carbonyl (C=O) groups is 2. The van der Waals surface area contributed by atoms with Gasteiger partial charge >= 0.3 is 0 Å². The summed E-state index contributed by atoms with van der Waals surface area (Å²) in [5.74, 6) is -0.299. The van der Waals surface area contributed by atoms with E-state index >= 15 is 0 Å². The van der Waals surface area contributed by atoms with E-state index in [0.717, 1.165) is 29.6 Å². The number of unbranched alkanes of at least 4 members (excludes halogenated alkanes) is 5. The number of methoxy groups -OCH3 is 2. The molecule has 0 saturated heterocycles. The second-order valence-electron chi connectivity index (χ2n) is 9.53. The summed E-state index contributed by atoms with van der Waals surface area (Å²) in [6.07, 6.45) is 7.50. The molecule has 0 heterocycles. The number of quaternary nitrogens is 1. The number of phenolic OH excluding ortho intramolecular Hbond substituents is 1. The molecule has 34 heavy (non-hydrogen) atoms. The minimum Gasteiger partial charge on any atom is -1.00 e. The molecule has 0 fully saturated rings. The monoisotopic (exact) mass is 533 g/mol. The number of ether oxygens (including phenoxy) is 2. The predicted octanol–water partition coefficient (Wildman–Crippen LogP) is 2.13. The van der Waals surface area contributed by atoms with E-state index in [1.165, 1.54) is 58.5 Å². The Hall–Kier alpha value is -2.38. The van der Waals surface area contributed by atoms with Gasteiger partial charge in [-0.25, -0.2) is 0 Å². The van der Waals surface area contributed by atoms with Crippen LogP contribution in [0.25, 0.3) is 0 Å². The molecular formula is C27H36BrNO5. The third kappa shape index (κ3) is 5.99. The van der Waals surface area contributed by atoms with Gasteiger partial charge in [-0.3, -0.25) is 9.59 Å². The van der Waals surface area contributed by atoms with Crippen molar-refractivity contribution in [1.29, 1.82) is 0 Å². The number of fused-ring (bicyclic) bond motifs is 2. The van der Waals surface area contributed by atoms with E-state index < -0.39 is 5.78 Å². The van der Waals surface area contributed by atoms with Crippen molar-refractivity contribution in [3.63, 3.8) is 0 Å². The van der Waals surface area contributed by atoms with Crippen molar-refractivity contribution in [3.8, 4) is 17.2 Å². The standard InChI is InChI=1S/C27H35NO5.BrH/c1-6-7-8-9-10-11-12-28(2,3)17-18-13-20-25(23(14-18)33-5)27(31)24-21(26(20)30)15-19(32-4)16-22(24)29;/h13-16H,6-12,17H2,1-5H3;1H. The molecule has 0 aromatic heterocycles. The Morgan fingerprint density at radius 3 is 2.12 bits per heavy atom. The number of halogens is 1. The summed E-state index contributed by atoms with van der Waals surface area (Å²) in [6, 6.07) is 6.50. The third-order valence-electron chi connectivity index (χ3n) is 6.38. The molecule has 2 aromatic rings. The molecule has 0 saturated carbocycles. The quantitative estimate of drug-likeness (QED) is 0.302. The number of hydrogen-bond acceptors (Lipinski definition) is 5. The zero-order valence-corrected chi connectivity index (χ0v) is 22.5. The van der Waals surface area contributed by atoms with Gasteiger partial charge in [-0.1, -0.05) is 32.6 Å². The van der Waals surface area contributed by atoms with Crippen LogP contribution in [-0.2, 0) is 6.54 Å².